The minimum absolute atomic E-state index is 0. The van der Waals surface area contributed by atoms with Gasteiger partial charge in [0.2, 0.25) is 22.6 Å². The number of fused-ring (bicyclic) bond motifs is 12. The summed E-state index contributed by atoms with van der Waals surface area (Å²) in [5, 5.41) is 4.33. The van der Waals surface area contributed by atoms with Gasteiger partial charge < -0.3 is 29.7 Å². The average molecular weight is 991 g/mol. The van der Waals surface area contributed by atoms with Gasteiger partial charge >= 0.3 is 239 Å². The van der Waals surface area contributed by atoms with E-state index in [9.17, 15) is 0 Å². The Morgan fingerprint density at radius 2 is 0.717 bits per heavy atom. The predicted octanol–water partition coefficient (Wildman–Crippen LogP) is -3.93. The van der Waals surface area contributed by atoms with Gasteiger partial charge in [0.05, 0.1) is 22.3 Å². The van der Waals surface area contributed by atoms with Gasteiger partial charge in [0.1, 0.15) is 0 Å². The van der Waals surface area contributed by atoms with E-state index < -0.39 is 5.91 Å². The summed E-state index contributed by atoms with van der Waals surface area (Å²) in [6, 6.07) is 34.0. The summed E-state index contributed by atoms with van der Waals surface area (Å²) >= 11 is 0. The van der Waals surface area contributed by atoms with Crippen LogP contribution in [0.5, 0.6) is 0 Å². The molecule has 8 heterocycles. The summed E-state index contributed by atoms with van der Waals surface area (Å²) in [7, 11) is 0. The zero-order valence-electron chi connectivity index (χ0n) is 29.3. The van der Waals surface area contributed by atoms with Crippen molar-refractivity contribution >= 4 is 56.5 Å². The van der Waals surface area contributed by atoms with Gasteiger partial charge in [-0.3, -0.25) is 0 Å². The van der Waals surface area contributed by atoms with Crippen LogP contribution in [0.1, 0.15) is 52.0 Å². The third kappa shape index (κ3) is 6.34. The van der Waals surface area contributed by atoms with E-state index in [0.29, 0.717) is 0 Å². The molecule has 250 valence electrons. The van der Waals surface area contributed by atoms with Crippen molar-refractivity contribution in [1.29, 1.82) is 0 Å². The Balaban J connectivity index is 0.00000225. The molecule has 0 fully saturated rings. The van der Waals surface area contributed by atoms with E-state index in [-0.39, 0.29) is 292 Å². The van der Waals surface area contributed by atoms with Crippen molar-refractivity contribution in [2.45, 2.75) is 35.6 Å². The summed E-state index contributed by atoms with van der Waals surface area (Å²) in [4.78, 5) is 21.7. The molecule has 12 heteroatoms. The fourth-order valence-electron chi connectivity index (χ4n) is 7.88. The number of aromatic nitrogens is 2. The Morgan fingerprint density at radius 3 is 1.09 bits per heavy atom. The van der Waals surface area contributed by atoms with Gasteiger partial charge in [-0.2, -0.15) is 9.13 Å². The van der Waals surface area contributed by atoms with Crippen molar-refractivity contribution in [2.24, 2.45) is 20.0 Å². The summed E-state index contributed by atoms with van der Waals surface area (Å²) in [5.41, 5.74) is 6.13. The van der Waals surface area contributed by atoms with Crippen molar-refractivity contribution in [2.75, 3.05) is 0 Å². The molecule has 0 bridgehead atoms. The van der Waals surface area contributed by atoms with E-state index in [4.69, 9.17) is 20.0 Å². The summed E-state index contributed by atoms with van der Waals surface area (Å²) < 4.78 is 9.32. The van der Waals surface area contributed by atoms with Crippen LogP contribution in [0.3, 0.4) is 0 Å². The molecule has 2 aromatic heterocycles. The van der Waals surface area contributed by atoms with Crippen LogP contribution in [0, 0.1) is 29.7 Å². The first-order valence-electron chi connectivity index (χ1n) is 13.8. The van der Waals surface area contributed by atoms with E-state index in [1.54, 1.807) is 0 Å². The monoisotopic (exact) mass is 988 g/mol. The number of amidine groups is 4. The maximum Gasteiger partial charge on any atom is 1.00 e. The number of hydrogen-bond donors (Lipinski definition) is 0. The van der Waals surface area contributed by atoms with E-state index in [2.05, 4.69) is 115 Å². The Morgan fingerprint density at radius 1 is 0.396 bits per heavy atom. The van der Waals surface area contributed by atoms with Crippen molar-refractivity contribution in [1.82, 2.24) is 9.13 Å². The van der Waals surface area contributed by atoms with Gasteiger partial charge in [-0.05, 0) is 48.5 Å². The first-order chi connectivity index (χ1) is 20.4. The number of aliphatic imine (C=N–C) groups is 2. The van der Waals surface area contributed by atoms with E-state index in [1.165, 1.54) is 0 Å². The van der Waals surface area contributed by atoms with Crippen LogP contribution in [-0.2, 0) is 5.91 Å². The molecular formula is C41H44N8Rb4+2. The third-order valence-electron chi connectivity index (χ3n) is 9.38. The average Bonchev–Trinajstić information content (AvgIpc) is 3.74. The van der Waals surface area contributed by atoms with Crippen LogP contribution in [0.25, 0.3) is 21.5 Å². The smallest absolute Gasteiger partial charge is 0.358 e. The van der Waals surface area contributed by atoms with Gasteiger partial charge in [-0.15, -0.1) is 9.15 Å². The number of rotatable bonds is 0. The van der Waals surface area contributed by atoms with Gasteiger partial charge in [0.15, 0.2) is 0 Å². The molecule has 8 nitrogen and oxygen atoms in total. The topological polar surface area (TPSA) is 65.3 Å². The Labute approximate surface area is 511 Å². The minimum atomic E-state index is -0.923. The number of benzene rings is 4. The van der Waals surface area contributed by atoms with Crippen molar-refractivity contribution in [3.63, 3.8) is 0 Å². The molecule has 6 aromatic rings. The van der Waals surface area contributed by atoms with Crippen molar-refractivity contribution in [3.8, 4) is 0 Å². The van der Waals surface area contributed by atoms with E-state index >= 15 is 0 Å². The number of nitrogens with zero attached hydrogens (tertiary/aromatic N) is 8. The van der Waals surface area contributed by atoms with Gasteiger partial charge in [0.25, 0.3) is 23.3 Å². The normalized spacial score (nSPS) is 14.3. The number of hydrogen-bond acceptors (Lipinski definition) is 4. The second kappa shape index (κ2) is 19.2. The molecule has 6 aliphatic heterocycles. The maximum atomic E-state index is 5.42. The molecule has 0 unspecified atom stereocenters. The summed E-state index contributed by atoms with van der Waals surface area (Å²) in [5.74, 6) is 4.46. The first kappa shape index (κ1) is 54.5. The molecule has 0 radical (unpaired) electrons. The zero-order chi connectivity index (χ0) is 26.2. The molecule has 0 N–H and O–H groups in total. The zero-order valence-corrected chi connectivity index (χ0v) is 49.0. The molecular weight excluding hydrogens is 946 g/mol. The van der Waals surface area contributed by atoms with Crippen LogP contribution in [0.15, 0.2) is 117 Å². The quantitative estimate of drug-likeness (QED) is 0.111. The summed E-state index contributed by atoms with van der Waals surface area (Å²) in [6.45, 7) is 0. The van der Waals surface area contributed by atoms with Crippen molar-refractivity contribution < 1.29 is 242 Å². The predicted molar refractivity (Wildman–Crippen MR) is 206 cm³/mol. The molecule has 4 aromatic carbocycles. The Bertz CT molecular complexity index is 2490. The molecule has 0 amide bonds. The first-order valence-corrected chi connectivity index (χ1v) is 13.8. The molecule has 6 aliphatic rings. The van der Waals surface area contributed by atoms with Crippen molar-refractivity contribution in [3.05, 3.63) is 160 Å². The standard InChI is InChI=1S/C33H16N8.4CH4.4CH3.4Rb/c1-2-10-18-17(9-1)25-34-27-19-11-3-4-12-20(19)29-36-31-23-15-7-8-16-24(23)32-37-30-22-14-6-5-13-21(22)28-35-26(18)38(25)33(39(27)29,40(28)30)41(31)32;;;;;;;;;;;;/h1-16H;4*1H4;4*1H3;;;;/q+2;;;;;4*-1;4*+1. The van der Waals surface area contributed by atoms with Gasteiger partial charge in [0, 0.05) is 21.5 Å². The molecule has 0 aliphatic carbocycles. The molecule has 0 saturated heterocycles. The summed E-state index contributed by atoms with van der Waals surface area (Å²) in [6.07, 6.45) is 0. The van der Waals surface area contributed by atoms with Crippen LogP contribution >= 0.6 is 0 Å². The fourth-order valence-corrected chi connectivity index (χ4v) is 7.88. The van der Waals surface area contributed by atoms with Crippen LogP contribution in [-0.4, -0.2) is 41.6 Å². The van der Waals surface area contributed by atoms with Gasteiger partial charge in [-0.1, -0.05) is 98.2 Å². The largest absolute Gasteiger partial charge is 1.00 e. The molecule has 12 rings (SSSR count). The van der Waals surface area contributed by atoms with Crippen LogP contribution in [0.2, 0.25) is 0 Å². The Kier molecular flexibility index (Phi) is 19.8. The molecule has 0 atom stereocenters. The van der Waals surface area contributed by atoms with Gasteiger partial charge in [-0.25, -0.2) is 0 Å². The van der Waals surface area contributed by atoms with Crippen LogP contribution in [0.4, 0.5) is 11.6 Å². The molecule has 53 heavy (non-hydrogen) atoms. The molecule has 0 saturated carbocycles. The third-order valence-corrected chi connectivity index (χ3v) is 9.38. The van der Waals surface area contributed by atoms with E-state index in [1.807, 2.05) is 0 Å². The van der Waals surface area contributed by atoms with Crippen LogP contribution < -0.4 is 244 Å². The minimum Gasteiger partial charge on any atom is -0.358 e. The fraction of sp³-hybridized carbons (Fsp3) is 0.122. The SMILES string of the molecule is C.C.C.C.[CH3-].[CH3-].[CH3-].[CH3-].[Rb+].[Rb+].[Rb+].[Rb+].c1ccc2c(c1)C1=Nc3c4ccccc4c4n3C35n6c(c7ccccc7c6=NC6=[N+]3C(=N4)c3ccccc36)=NC2=[N+]15. The maximum absolute atomic E-state index is 5.42. The Hall–Kier alpha value is 1.46. The molecule has 1 spiro atoms. The second-order valence-corrected chi connectivity index (χ2v) is 11.2. The second-order valence-electron chi connectivity index (χ2n) is 11.2. The van der Waals surface area contributed by atoms with E-state index in [0.717, 1.165) is 89.8 Å².